The summed E-state index contributed by atoms with van der Waals surface area (Å²) in [5.74, 6) is 1.85. The van der Waals surface area contributed by atoms with Gasteiger partial charge >= 0.3 is 0 Å². The third-order valence-electron chi connectivity index (χ3n) is 1.07. The lowest BCUT2D eigenvalue weighted by Gasteiger charge is -2.12. The molecule has 1 aliphatic rings. The van der Waals surface area contributed by atoms with Crippen LogP contribution in [0.5, 0.6) is 0 Å². The van der Waals surface area contributed by atoms with Crippen molar-refractivity contribution >= 4 is 29.3 Å². The zero-order chi connectivity index (χ0) is 5.98. The summed E-state index contributed by atoms with van der Waals surface area (Å²) in [6.45, 7) is 3.10. The first-order valence-corrected chi connectivity index (χ1v) is 3.70. The van der Waals surface area contributed by atoms with Crippen LogP contribution in [-0.2, 0) is 0 Å². The summed E-state index contributed by atoms with van der Waals surface area (Å²) in [6.07, 6.45) is 0. The van der Waals surface area contributed by atoms with Crippen LogP contribution in [0.3, 0.4) is 0 Å². The Balaban J connectivity index is 0.000000640. The number of amidine groups is 1. The Morgan fingerprint density at radius 1 is 1.78 bits per heavy atom. The zero-order valence-corrected chi connectivity index (χ0v) is 6.97. The third-order valence-corrected chi connectivity index (χ3v) is 2.24. The van der Waals surface area contributed by atoms with E-state index in [1.54, 1.807) is 11.8 Å². The average molecular weight is 167 g/mol. The van der Waals surface area contributed by atoms with E-state index in [0.29, 0.717) is 5.92 Å². The van der Waals surface area contributed by atoms with Crippen molar-refractivity contribution in [2.24, 2.45) is 16.6 Å². The number of aliphatic imine (C=N–C) groups is 1. The highest BCUT2D eigenvalue weighted by Gasteiger charge is 2.07. The van der Waals surface area contributed by atoms with Gasteiger partial charge in [0.05, 0.1) is 0 Å². The molecular formula is C5H11ClN2S. The minimum absolute atomic E-state index is 0. The minimum atomic E-state index is 0. The molecule has 0 radical (unpaired) electrons. The molecular weight excluding hydrogens is 156 g/mol. The number of halogens is 1. The maximum atomic E-state index is 5.41. The van der Waals surface area contributed by atoms with Gasteiger partial charge in [-0.25, -0.2) is 0 Å². The van der Waals surface area contributed by atoms with Crippen LogP contribution in [0.15, 0.2) is 4.99 Å². The van der Waals surface area contributed by atoms with Crippen molar-refractivity contribution in [2.45, 2.75) is 6.92 Å². The van der Waals surface area contributed by atoms with Gasteiger partial charge < -0.3 is 5.73 Å². The van der Waals surface area contributed by atoms with Crippen molar-refractivity contribution in [3.63, 3.8) is 0 Å². The Morgan fingerprint density at radius 3 is 2.78 bits per heavy atom. The van der Waals surface area contributed by atoms with E-state index >= 15 is 0 Å². The molecule has 0 spiro atoms. The van der Waals surface area contributed by atoms with Gasteiger partial charge in [-0.1, -0.05) is 18.7 Å². The molecule has 1 heterocycles. The Hall–Kier alpha value is 0.110. The van der Waals surface area contributed by atoms with E-state index in [1.807, 2.05) is 0 Å². The number of rotatable bonds is 0. The van der Waals surface area contributed by atoms with E-state index < -0.39 is 0 Å². The zero-order valence-electron chi connectivity index (χ0n) is 5.33. The molecule has 54 valence electrons. The summed E-state index contributed by atoms with van der Waals surface area (Å²) in [7, 11) is 0. The van der Waals surface area contributed by atoms with E-state index in [-0.39, 0.29) is 12.4 Å². The highest BCUT2D eigenvalue weighted by Crippen LogP contribution is 2.13. The highest BCUT2D eigenvalue weighted by molar-refractivity contribution is 8.13. The molecule has 0 bridgehead atoms. The van der Waals surface area contributed by atoms with Crippen LogP contribution >= 0.6 is 24.2 Å². The molecule has 2 N–H and O–H groups in total. The lowest BCUT2D eigenvalue weighted by molar-refractivity contribution is 0.673. The summed E-state index contributed by atoms with van der Waals surface area (Å²) in [6, 6.07) is 0. The maximum absolute atomic E-state index is 5.41. The molecule has 9 heavy (non-hydrogen) atoms. The van der Waals surface area contributed by atoms with Crippen LogP contribution < -0.4 is 5.73 Å². The molecule has 0 amide bonds. The van der Waals surface area contributed by atoms with E-state index in [9.17, 15) is 0 Å². The quantitative estimate of drug-likeness (QED) is 0.586. The van der Waals surface area contributed by atoms with Crippen LogP contribution in [0.4, 0.5) is 0 Å². The molecule has 0 saturated heterocycles. The first-order valence-electron chi connectivity index (χ1n) is 2.72. The fraction of sp³-hybridized carbons (Fsp3) is 0.800. The molecule has 0 aromatic rings. The van der Waals surface area contributed by atoms with Gasteiger partial charge in [-0.15, -0.1) is 12.4 Å². The van der Waals surface area contributed by atoms with Crippen LogP contribution in [-0.4, -0.2) is 17.5 Å². The SMILES string of the molecule is CC1CN=C(N)SC1.Cl. The highest BCUT2D eigenvalue weighted by atomic mass is 35.5. The number of hydrogen-bond acceptors (Lipinski definition) is 3. The second-order valence-corrected chi connectivity index (χ2v) is 3.14. The van der Waals surface area contributed by atoms with Crippen LogP contribution in [0.1, 0.15) is 6.92 Å². The fourth-order valence-corrected chi connectivity index (χ4v) is 1.30. The smallest absolute Gasteiger partial charge is 0.153 e. The summed E-state index contributed by atoms with van der Waals surface area (Å²) in [5, 5.41) is 0.753. The summed E-state index contributed by atoms with van der Waals surface area (Å²) >= 11 is 1.65. The first-order chi connectivity index (χ1) is 3.79. The molecule has 0 aromatic carbocycles. The largest absolute Gasteiger partial charge is 0.379 e. The molecule has 0 fully saturated rings. The van der Waals surface area contributed by atoms with E-state index in [0.717, 1.165) is 17.5 Å². The molecule has 0 saturated carbocycles. The topological polar surface area (TPSA) is 38.4 Å². The van der Waals surface area contributed by atoms with Crippen LogP contribution in [0, 0.1) is 5.92 Å². The van der Waals surface area contributed by atoms with Gasteiger partial charge in [-0.2, -0.15) is 0 Å². The average Bonchev–Trinajstić information content (AvgIpc) is 1.77. The van der Waals surface area contributed by atoms with Gasteiger partial charge in [0.15, 0.2) is 5.17 Å². The first kappa shape index (κ1) is 9.11. The van der Waals surface area contributed by atoms with Crippen LogP contribution in [0.25, 0.3) is 0 Å². The predicted molar refractivity (Wildman–Crippen MR) is 45.4 cm³/mol. The fourth-order valence-electron chi connectivity index (χ4n) is 0.572. The van der Waals surface area contributed by atoms with Gasteiger partial charge in [0.2, 0.25) is 0 Å². The Kier molecular flexibility index (Phi) is 4.06. The third kappa shape index (κ3) is 2.96. The molecule has 1 atom stereocenters. The number of hydrogen-bond donors (Lipinski definition) is 1. The minimum Gasteiger partial charge on any atom is -0.379 e. The Bertz CT molecular complexity index is 116. The monoisotopic (exact) mass is 166 g/mol. The van der Waals surface area contributed by atoms with E-state index in [1.165, 1.54) is 0 Å². The second-order valence-electron chi connectivity index (χ2n) is 2.10. The number of nitrogens with two attached hydrogens (primary N) is 1. The van der Waals surface area contributed by atoms with Crippen molar-refractivity contribution in [2.75, 3.05) is 12.3 Å². The van der Waals surface area contributed by atoms with Gasteiger partial charge in [0, 0.05) is 12.3 Å². The maximum Gasteiger partial charge on any atom is 0.153 e. The van der Waals surface area contributed by atoms with Gasteiger partial charge in [0.25, 0.3) is 0 Å². The summed E-state index contributed by atoms with van der Waals surface area (Å²) in [4.78, 5) is 4.07. The molecule has 1 aliphatic heterocycles. The molecule has 1 rings (SSSR count). The normalized spacial score (nSPS) is 26.3. The van der Waals surface area contributed by atoms with Gasteiger partial charge in [0.1, 0.15) is 0 Å². The number of nitrogens with zero attached hydrogens (tertiary/aromatic N) is 1. The van der Waals surface area contributed by atoms with Gasteiger partial charge in [-0.3, -0.25) is 4.99 Å². The van der Waals surface area contributed by atoms with Gasteiger partial charge in [-0.05, 0) is 5.92 Å². The predicted octanol–water partition coefficient (Wildman–Crippen LogP) is 1.11. The lowest BCUT2D eigenvalue weighted by Crippen LogP contribution is -2.18. The lowest BCUT2D eigenvalue weighted by atomic mass is 10.2. The van der Waals surface area contributed by atoms with Crippen molar-refractivity contribution in [1.29, 1.82) is 0 Å². The molecule has 1 unspecified atom stereocenters. The molecule has 0 aliphatic carbocycles. The molecule has 0 aromatic heterocycles. The van der Waals surface area contributed by atoms with Crippen molar-refractivity contribution in [3.05, 3.63) is 0 Å². The van der Waals surface area contributed by atoms with Crippen molar-refractivity contribution in [1.82, 2.24) is 0 Å². The molecule has 4 heteroatoms. The summed E-state index contributed by atoms with van der Waals surface area (Å²) < 4.78 is 0. The second kappa shape index (κ2) is 4.01. The van der Waals surface area contributed by atoms with E-state index in [2.05, 4.69) is 11.9 Å². The van der Waals surface area contributed by atoms with Crippen molar-refractivity contribution in [3.8, 4) is 0 Å². The number of thioether (sulfide) groups is 1. The molecule has 2 nitrogen and oxygen atoms in total. The van der Waals surface area contributed by atoms with Crippen LogP contribution in [0.2, 0.25) is 0 Å². The Morgan fingerprint density at radius 2 is 2.44 bits per heavy atom. The summed E-state index contributed by atoms with van der Waals surface area (Å²) in [5.41, 5.74) is 5.41. The Labute approximate surface area is 65.7 Å². The van der Waals surface area contributed by atoms with Crippen molar-refractivity contribution < 1.29 is 0 Å². The standard InChI is InChI=1S/C5H10N2S.ClH/c1-4-2-7-5(6)8-3-4;/h4H,2-3H2,1H3,(H2,6,7);1H. The van der Waals surface area contributed by atoms with E-state index in [4.69, 9.17) is 5.73 Å².